The number of anilines is 1. The SMILES string of the molecule is O=C(NC1CCCC1)N1CCC(c2cc(NCc3cccnc3)n3ncc(Br)c3n2)CC1. The number of carbonyl (C=O) groups is 1. The maximum Gasteiger partial charge on any atom is 0.317 e. The summed E-state index contributed by atoms with van der Waals surface area (Å²) in [6.07, 6.45) is 11.9. The summed E-state index contributed by atoms with van der Waals surface area (Å²) in [5.74, 6) is 1.22. The van der Waals surface area contributed by atoms with Crippen molar-refractivity contribution in [1.82, 2.24) is 29.8 Å². The van der Waals surface area contributed by atoms with E-state index in [1.807, 2.05) is 27.7 Å². The molecule has 0 aromatic carbocycles. The van der Waals surface area contributed by atoms with Crippen molar-refractivity contribution in [1.29, 1.82) is 0 Å². The Hall–Kier alpha value is -2.68. The van der Waals surface area contributed by atoms with Crippen LogP contribution in [0.5, 0.6) is 0 Å². The summed E-state index contributed by atoms with van der Waals surface area (Å²) in [5, 5.41) is 11.2. The predicted octanol–water partition coefficient (Wildman–Crippen LogP) is 4.33. The van der Waals surface area contributed by atoms with Gasteiger partial charge < -0.3 is 15.5 Å². The van der Waals surface area contributed by atoms with Gasteiger partial charge in [0, 0.05) is 55.7 Å². The Bertz CT molecular complexity index is 1070. The molecule has 0 bridgehead atoms. The quantitative estimate of drug-likeness (QED) is 0.547. The number of fused-ring (bicyclic) bond motifs is 1. The molecule has 3 aromatic heterocycles. The number of halogens is 1. The van der Waals surface area contributed by atoms with E-state index in [9.17, 15) is 4.79 Å². The minimum Gasteiger partial charge on any atom is -0.366 e. The molecular formula is C23H28BrN7O. The lowest BCUT2D eigenvalue weighted by Gasteiger charge is -2.32. The lowest BCUT2D eigenvalue weighted by Crippen LogP contribution is -2.47. The lowest BCUT2D eigenvalue weighted by molar-refractivity contribution is 0.177. The summed E-state index contributed by atoms with van der Waals surface area (Å²) >= 11 is 3.58. The van der Waals surface area contributed by atoms with Gasteiger partial charge in [0.05, 0.1) is 10.7 Å². The van der Waals surface area contributed by atoms with Gasteiger partial charge in [0.2, 0.25) is 0 Å². The minimum atomic E-state index is 0.0936. The molecular weight excluding hydrogens is 470 g/mol. The van der Waals surface area contributed by atoms with Crippen molar-refractivity contribution in [2.24, 2.45) is 0 Å². The standard InChI is InChI=1S/C23H28BrN7O/c24-19-15-27-31-21(26-14-16-4-3-9-25-13-16)12-20(29-22(19)31)17-7-10-30(11-8-17)23(32)28-18-5-1-2-6-18/h3-4,9,12-13,15,17-18,26H,1-2,5-8,10-11,14H2,(H,28,32). The molecule has 0 radical (unpaired) electrons. The number of pyridine rings is 1. The average molecular weight is 498 g/mol. The number of likely N-dealkylation sites (tertiary alicyclic amines) is 1. The molecule has 0 unspecified atom stereocenters. The number of nitrogens with one attached hydrogen (secondary N) is 2. The van der Waals surface area contributed by atoms with E-state index in [1.54, 1.807) is 12.4 Å². The first kappa shape index (κ1) is 21.2. The zero-order valence-corrected chi connectivity index (χ0v) is 19.6. The molecule has 3 aromatic rings. The minimum absolute atomic E-state index is 0.0936. The number of amides is 2. The molecule has 5 rings (SSSR count). The molecule has 1 aliphatic heterocycles. The summed E-state index contributed by atoms with van der Waals surface area (Å²) in [7, 11) is 0. The smallest absolute Gasteiger partial charge is 0.317 e. The number of urea groups is 1. The van der Waals surface area contributed by atoms with Crippen LogP contribution in [0.2, 0.25) is 0 Å². The van der Waals surface area contributed by atoms with E-state index >= 15 is 0 Å². The second-order valence-corrected chi connectivity index (χ2v) is 9.56. The highest BCUT2D eigenvalue weighted by molar-refractivity contribution is 9.10. The van der Waals surface area contributed by atoms with Crippen LogP contribution in [0.15, 0.2) is 41.3 Å². The highest BCUT2D eigenvalue weighted by atomic mass is 79.9. The number of nitrogens with zero attached hydrogens (tertiary/aromatic N) is 5. The summed E-state index contributed by atoms with van der Waals surface area (Å²) in [5.41, 5.74) is 2.95. The first-order chi connectivity index (χ1) is 15.7. The molecule has 168 valence electrons. The Labute approximate surface area is 195 Å². The fourth-order valence-electron chi connectivity index (χ4n) is 4.70. The van der Waals surface area contributed by atoms with Crippen molar-refractivity contribution < 1.29 is 4.79 Å². The molecule has 2 aliphatic rings. The van der Waals surface area contributed by atoms with Crippen LogP contribution in [0.4, 0.5) is 10.6 Å². The van der Waals surface area contributed by atoms with Crippen LogP contribution in [0.1, 0.15) is 55.7 Å². The fourth-order valence-corrected chi connectivity index (χ4v) is 5.05. The summed E-state index contributed by atoms with van der Waals surface area (Å²) in [6.45, 7) is 2.17. The van der Waals surface area contributed by atoms with E-state index in [2.05, 4.69) is 42.7 Å². The van der Waals surface area contributed by atoms with Gasteiger partial charge in [-0.15, -0.1) is 0 Å². The zero-order valence-electron chi connectivity index (χ0n) is 18.0. The van der Waals surface area contributed by atoms with Gasteiger partial charge in [-0.05, 0) is 53.2 Å². The third-order valence-corrected chi connectivity index (χ3v) is 7.09. The van der Waals surface area contributed by atoms with Gasteiger partial charge in [0.1, 0.15) is 5.82 Å². The molecule has 2 amide bonds. The van der Waals surface area contributed by atoms with Gasteiger partial charge in [-0.25, -0.2) is 9.78 Å². The Kier molecular flexibility index (Phi) is 6.25. The topological polar surface area (TPSA) is 87.5 Å². The van der Waals surface area contributed by atoms with Crippen molar-refractivity contribution in [3.8, 4) is 0 Å². The van der Waals surface area contributed by atoms with Crippen molar-refractivity contribution in [2.45, 2.75) is 57.0 Å². The largest absolute Gasteiger partial charge is 0.366 e. The molecule has 8 nitrogen and oxygen atoms in total. The highest BCUT2D eigenvalue weighted by Crippen LogP contribution is 2.31. The van der Waals surface area contributed by atoms with E-state index in [-0.39, 0.29) is 6.03 Å². The first-order valence-electron chi connectivity index (χ1n) is 11.4. The molecule has 1 saturated carbocycles. The second kappa shape index (κ2) is 9.44. The Morgan fingerprint density at radius 3 is 2.72 bits per heavy atom. The Balaban J connectivity index is 1.28. The van der Waals surface area contributed by atoms with Gasteiger partial charge in [-0.2, -0.15) is 9.61 Å². The van der Waals surface area contributed by atoms with Gasteiger partial charge >= 0.3 is 6.03 Å². The molecule has 32 heavy (non-hydrogen) atoms. The Morgan fingerprint density at radius 1 is 1.16 bits per heavy atom. The van der Waals surface area contributed by atoms with E-state index in [4.69, 9.17) is 4.98 Å². The molecule has 0 spiro atoms. The van der Waals surface area contributed by atoms with Crippen LogP contribution < -0.4 is 10.6 Å². The third-order valence-electron chi connectivity index (χ3n) is 6.53. The maximum atomic E-state index is 12.6. The van der Waals surface area contributed by atoms with Crippen LogP contribution >= 0.6 is 15.9 Å². The zero-order chi connectivity index (χ0) is 21.9. The van der Waals surface area contributed by atoms with Crippen LogP contribution in [-0.2, 0) is 6.54 Å². The van der Waals surface area contributed by atoms with Crippen LogP contribution in [-0.4, -0.2) is 49.6 Å². The number of aromatic nitrogens is 4. The van der Waals surface area contributed by atoms with Crippen molar-refractivity contribution in [3.05, 3.63) is 52.5 Å². The molecule has 1 aliphatic carbocycles. The van der Waals surface area contributed by atoms with E-state index < -0.39 is 0 Å². The Morgan fingerprint density at radius 2 is 1.97 bits per heavy atom. The number of carbonyl (C=O) groups excluding carboxylic acids is 1. The summed E-state index contributed by atoms with van der Waals surface area (Å²) in [6, 6.07) is 6.53. The summed E-state index contributed by atoms with van der Waals surface area (Å²) < 4.78 is 2.70. The van der Waals surface area contributed by atoms with E-state index in [0.29, 0.717) is 18.5 Å². The number of hydrogen-bond acceptors (Lipinski definition) is 5. The number of rotatable bonds is 5. The van der Waals surface area contributed by atoms with Crippen molar-refractivity contribution in [2.75, 3.05) is 18.4 Å². The molecule has 9 heteroatoms. The maximum absolute atomic E-state index is 12.6. The number of piperidine rings is 1. The molecule has 2 N–H and O–H groups in total. The fraction of sp³-hybridized carbons (Fsp3) is 0.478. The van der Waals surface area contributed by atoms with Gasteiger partial charge in [-0.3, -0.25) is 4.98 Å². The molecule has 4 heterocycles. The summed E-state index contributed by atoms with van der Waals surface area (Å²) in [4.78, 5) is 23.7. The van der Waals surface area contributed by atoms with E-state index in [1.165, 1.54) is 12.8 Å². The van der Waals surface area contributed by atoms with Gasteiger partial charge in [-0.1, -0.05) is 18.9 Å². The second-order valence-electron chi connectivity index (χ2n) is 8.70. The van der Waals surface area contributed by atoms with Crippen molar-refractivity contribution in [3.63, 3.8) is 0 Å². The average Bonchev–Trinajstić information content (AvgIpc) is 3.48. The normalized spacial score (nSPS) is 17.7. The van der Waals surface area contributed by atoms with Crippen LogP contribution in [0.3, 0.4) is 0 Å². The lowest BCUT2D eigenvalue weighted by atomic mass is 9.93. The van der Waals surface area contributed by atoms with E-state index in [0.717, 1.165) is 66.0 Å². The first-order valence-corrected chi connectivity index (χ1v) is 12.2. The molecule has 2 fully saturated rings. The number of hydrogen-bond donors (Lipinski definition) is 2. The molecule has 1 saturated heterocycles. The highest BCUT2D eigenvalue weighted by Gasteiger charge is 2.27. The van der Waals surface area contributed by atoms with Crippen molar-refractivity contribution >= 4 is 33.4 Å². The monoisotopic (exact) mass is 497 g/mol. The predicted molar refractivity (Wildman–Crippen MR) is 127 cm³/mol. The third kappa shape index (κ3) is 4.57. The molecule has 0 atom stereocenters. The van der Waals surface area contributed by atoms with Gasteiger partial charge in [0.15, 0.2) is 5.65 Å². The van der Waals surface area contributed by atoms with Gasteiger partial charge in [0.25, 0.3) is 0 Å². The van der Waals surface area contributed by atoms with Crippen LogP contribution in [0, 0.1) is 0 Å². The van der Waals surface area contributed by atoms with Crippen LogP contribution in [0.25, 0.3) is 5.65 Å².